The number of carbonyl (C=O) groups is 2. The van der Waals surface area contributed by atoms with Crippen LogP contribution in [0.1, 0.15) is 37.0 Å². The van der Waals surface area contributed by atoms with Gasteiger partial charge >= 0.3 is 0 Å². The van der Waals surface area contributed by atoms with E-state index in [1.54, 1.807) is 54.6 Å². The molecule has 230 valence electrons. The Morgan fingerprint density at radius 3 is 2.11 bits per heavy atom. The second kappa shape index (κ2) is 15.0. The summed E-state index contributed by atoms with van der Waals surface area (Å²) < 4.78 is 29.2. The highest BCUT2D eigenvalue weighted by Gasteiger charge is 2.35. The first kappa shape index (κ1) is 32.8. The van der Waals surface area contributed by atoms with Gasteiger partial charge in [0.1, 0.15) is 12.6 Å². The summed E-state index contributed by atoms with van der Waals surface area (Å²) in [6, 6.07) is 30.6. The van der Waals surface area contributed by atoms with Crippen LogP contribution in [0.2, 0.25) is 5.02 Å². The summed E-state index contributed by atoms with van der Waals surface area (Å²) in [6.45, 7) is 5.28. The van der Waals surface area contributed by atoms with Crippen LogP contribution in [0.15, 0.2) is 114 Å². The van der Waals surface area contributed by atoms with E-state index in [-0.39, 0.29) is 29.8 Å². The first-order valence-electron chi connectivity index (χ1n) is 14.6. The highest BCUT2D eigenvalue weighted by molar-refractivity contribution is 7.92. The molecule has 0 radical (unpaired) electrons. The van der Waals surface area contributed by atoms with Crippen molar-refractivity contribution in [3.05, 3.63) is 131 Å². The number of rotatable bonds is 13. The first-order valence-corrected chi connectivity index (χ1v) is 16.4. The molecule has 4 aromatic rings. The van der Waals surface area contributed by atoms with Crippen molar-refractivity contribution >= 4 is 39.1 Å². The average molecular weight is 632 g/mol. The molecule has 9 heteroatoms. The minimum Gasteiger partial charge on any atom is -0.352 e. The van der Waals surface area contributed by atoms with Crippen molar-refractivity contribution in [2.75, 3.05) is 10.8 Å². The van der Waals surface area contributed by atoms with Gasteiger partial charge in [-0.05, 0) is 73.4 Å². The minimum atomic E-state index is -4.14. The van der Waals surface area contributed by atoms with Crippen LogP contribution < -0.4 is 9.62 Å². The number of anilines is 1. The molecule has 0 spiro atoms. The molecule has 0 aliphatic heterocycles. The smallest absolute Gasteiger partial charge is 0.264 e. The van der Waals surface area contributed by atoms with E-state index in [2.05, 4.69) is 5.32 Å². The molecule has 1 N–H and O–H groups in total. The number of halogens is 1. The Kier molecular flexibility index (Phi) is 11.2. The van der Waals surface area contributed by atoms with E-state index in [9.17, 15) is 18.0 Å². The SMILES string of the molecule is CC[C@H](C)NC(=O)[C@H](Cc1ccccc1)N(Cc1cccc(Cl)c1)C(=O)CN(c1cccc(C)c1)S(=O)(=O)c1ccccc1. The Labute approximate surface area is 265 Å². The number of nitrogens with zero attached hydrogens (tertiary/aromatic N) is 2. The third kappa shape index (κ3) is 8.49. The predicted octanol–water partition coefficient (Wildman–Crippen LogP) is 6.40. The fraction of sp³-hybridized carbons (Fsp3) is 0.257. The molecule has 44 heavy (non-hydrogen) atoms. The van der Waals surface area contributed by atoms with Crippen molar-refractivity contribution in [1.29, 1.82) is 0 Å². The monoisotopic (exact) mass is 631 g/mol. The van der Waals surface area contributed by atoms with Crippen LogP contribution in [0, 0.1) is 6.92 Å². The number of hydrogen-bond donors (Lipinski definition) is 1. The summed E-state index contributed by atoms with van der Waals surface area (Å²) in [5, 5.41) is 3.53. The lowest BCUT2D eigenvalue weighted by molar-refractivity contribution is -0.140. The standard InChI is InChI=1S/C35H38ClN3O4S/c1-4-27(3)37-35(41)33(23-28-14-7-5-8-15-28)38(24-29-16-12-17-30(36)22-29)34(40)25-39(31-18-11-13-26(2)21-31)44(42,43)32-19-9-6-10-20-32/h5-22,27,33H,4,23-25H2,1-3H3,(H,37,41)/t27-,33-/m0/s1. The molecule has 0 saturated carbocycles. The van der Waals surface area contributed by atoms with Crippen LogP contribution >= 0.6 is 11.6 Å². The molecule has 4 rings (SSSR count). The molecule has 0 aliphatic rings. The maximum Gasteiger partial charge on any atom is 0.264 e. The third-order valence-corrected chi connectivity index (χ3v) is 9.44. The van der Waals surface area contributed by atoms with Crippen LogP contribution in [0.5, 0.6) is 0 Å². The molecule has 2 atom stereocenters. The van der Waals surface area contributed by atoms with E-state index in [1.165, 1.54) is 17.0 Å². The fourth-order valence-electron chi connectivity index (χ4n) is 4.86. The van der Waals surface area contributed by atoms with E-state index < -0.39 is 28.5 Å². The van der Waals surface area contributed by atoms with Gasteiger partial charge < -0.3 is 10.2 Å². The summed E-state index contributed by atoms with van der Waals surface area (Å²) in [5.74, 6) is -0.835. The Morgan fingerprint density at radius 2 is 1.48 bits per heavy atom. The van der Waals surface area contributed by atoms with Gasteiger partial charge in [0.15, 0.2) is 0 Å². The van der Waals surface area contributed by atoms with Gasteiger partial charge in [-0.15, -0.1) is 0 Å². The number of amides is 2. The van der Waals surface area contributed by atoms with Gasteiger partial charge in [0.05, 0.1) is 10.6 Å². The molecular weight excluding hydrogens is 594 g/mol. The number of aryl methyl sites for hydroxylation is 1. The normalized spacial score (nSPS) is 12.6. The van der Waals surface area contributed by atoms with E-state index in [4.69, 9.17) is 11.6 Å². The van der Waals surface area contributed by atoms with Crippen LogP contribution in [-0.4, -0.2) is 43.8 Å². The lowest BCUT2D eigenvalue weighted by Gasteiger charge is -2.34. The fourth-order valence-corrected chi connectivity index (χ4v) is 6.50. The molecule has 7 nitrogen and oxygen atoms in total. The van der Waals surface area contributed by atoms with Crippen LogP contribution in [0.25, 0.3) is 0 Å². The number of carbonyl (C=O) groups excluding carboxylic acids is 2. The van der Waals surface area contributed by atoms with Gasteiger partial charge in [-0.25, -0.2) is 8.42 Å². The zero-order valence-corrected chi connectivity index (χ0v) is 26.8. The highest BCUT2D eigenvalue weighted by atomic mass is 35.5. The second-order valence-electron chi connectivity index (χ2n) is 10.8. The van der Waals surface area contributed by atoms with Crippen molar-refractivity contribution in [1.82, 2.24) is 10.2 Å². The maximum atomic E-state index is 14.5. The Morgan fingerprint density at radius 1 is 0.841 bits per heavy atom. The van der Waals surface area contributed by atoms with Gasteiger partial charge in [-0.2, -0.15) is 0 Å². The molecule has 0 unspecified atom stereocenters. The maximum absolute atomic E-state index is 14.5. The molecular formula is C35H38ClN3O4S. The quantitative estimate of drug-likeness (QED) is 0.185. The Hall–Kier alpha value is -4.14. The van der Waals surface area contributed by atoms with E-state index >= 15 is 0 Å². The van der Waals surface area contributed by atoms with Gasteiger partial charge in [0.2, 0.25) is 11.8 Å². The van der Waals surface area contributed by atoms with Gasteiger partial charge in [-0.1, -0.05) is 91.3 Å². The molecule has 0 aliphatic carbocycles. The van der Waals surface area contributed by atoms with Crippen molar-refractivity contribution in [2.24, 2.45) is 0 Å². The molecule has 0 heterocycles. The molecule has 0 aromatic heterocycles. The minimum absolute atomic E-state index is 0.0534. The van der Waals surface area contributed by atoms with Crippen LogP contribution in [0.3, 0.4) is 0 Å². The topological polar surface area (TPSA) is 86.8 Å². The van der Waals surface area contributed by atoms with Gasteiger partial charge in [0, 0.05) is 24.0 Å². The summed E-state index contributed by atoms with van der Waals surface area (Å²) in [6.07, 6.45) is 0.952. The number of nitrogens with one attached hydrogen (secondary N) is 1. The molecule has 0 saturated heterocycles. The molecule has 2 amide bonds. The average Bonchev–Trinajstić information content (AvgIpc) is 3.02. The third-order valence-electron chi connectivity index (χ3n) is 7.41. The number of sulfonamides is 1. The lowest BCUT2D eigenvalue weighted by Crippen LogP contribution is -2.54. The highest BCUT2D eigenvalue weighted by Crippen LogP contribution is 2.26. The van der Waals surface area contributed by atoms with E-state index in [1.807, 2.05) is 63.2 Å². The Bertz CT molecular complexity index is 1670. The van der Waals surface area contributed by atoms with Gasteiger partial charge in [0.25, 0.3) is 10.0 Å². The summed E-state index contributed by atoms with van der Waals surface area (Å²) >= 11 is 6.30. The van der Waals surface area contributed by atoms with Crippen molar-refractivity contribution in [3.8, 4) is 0 Å². The van der Waals surface area contributed by atoms with Crippen LogP contribution in [-0.2, 0) is 32.6 Å². The van der Waals surface area contributed by atoms with E-state index in [0.717, 1.165) is 15.4 Å². The van der Waals surface area contributed by atoms with Crippen molar-refractivity contribution < 1.29 is 18.0 Å². The first-order chi connectivity index (χ1) is 21.1. The summed E-state index contributed by atoms with van der Waals surface area (Å²) in [5.41, 5.74) is 2.78. The largest absolute Gasteiger partial charge is 0.352 e. The molecule has 0 bridgehead atoms. The Balaban J connectivity index is 1.80. The van der Waals surface area contributed by atoms with E-state index in [0.29, 0.717) is 22.7 Å². The predicted molar refractivity (Wildman–Crippen MR) is 176 cm³/mol. The summed E-state index contributed by atoms with van der Waals surface area (Å²) in [7, 11) is -4.14. The molecule has 0 fully saturated rings. The van der Waals surface area contributed by atoms with Gasteiger partial charge in [-0.3, -0.25) is 13.9 Å². The summed E-state index contributed by atoms with van der Waals surface area (Å²) in [4.78, 5) is 29.9. The molecule has 4 aromatic carbocycles. The zero-order valence-electron chi connectivity index (χ0n) is 25.2. The second-order valence-corrected chi connectivity index (χ2v) is 13.1. The van der Waals surface area contributed by atoms with Crippen molar-refractivity contribution in [3.63, 3.8) is 0 Å². The van der Waals surface area contributed by atoms with Crippen LogP contribution in [0.4, 0.5) is 5.69 Å². The lowest BCUT2D eigenvalue weighted by atomic mass is 10.0. The number of hydrogen-bond acceptors (Lipinski definition) is 4. The zero-order chi connectivity index (χ0) is 31.7. The number of benzene rings is 4. The van der Waals surface area contributed by atoms with Crippen molar-refractivity contribution in [2.45, 2.75) is 57.1 Å².